The van der Waals surface area contributed by atoms with E-state index in [0.717, 1.165) is 43.4 Å². The molecule has 154 valence electrons. The van der Waals surface area contributed by atoms with Crippen LogP contribution in [0.5, 0.6) is 0 Å². The number of nitrogens with one attached hydrogen (secondary N) is 1. The van der Waals surface area contributed by atoms with Crippen molar-refractivity contribution in [3.05, 3.63) is 65.7 Å². The number of aryl methyl sites for hydroxylation is 1. The van der Waals surface area contributed by atoms with Crippen molar-refractivity contribution in [2.24, 2.45) is 11.8 Å². The molecule has 2 amide bonds. The molecule has 4 heteroatoms. The Balaban J connectivity index is 1.47. The molecule has 1 aliphatic carbocycles. The predicted molar refractivity (Wildman–Crippen MR) is 118 cm³/mol. The van der Waals surface area contributed by atoms with Gasteiger partial charge in [0.05, 0.1) is 0 Å². The summed E-state index contributed by atoms with van der Waals surface area (Å²) in [6.45, 7) is 5.40. The Labute approximate surface area is 174 Å². The molecule has 0 bridgehead atoms. The molecule has 3 rings (SSSR count). The maximum Gasteiger partial charge on any atom is 0.230 e. The zero-order valence-electron chi connectivity index (χ0n) is 17.6. The molecule has 0 saturated heterocycles. The topological polar surface area (TPSA) is 49.4 Å². The third-order valence-electron chi connectivity index (χ3n) is 5.90. The SMILES string of the molecule is CCN(C(=O)C1CCC(C(=O)NCCc2ccccc2)CC1)c1cccc(C)c1. The highest BCUT2D eigenvalue weighted by Crippen LogP contribution is 2.31. The molecule has 1 aliphatic rings. The lowest BCUT2D eigenvalue weighted by atomic mass is 9.80. The maximum absolute atomic E-state index is 13.1. The smallest absolute Gasteiger partial charge is 0.230 e. The normalized spacial score (nSPS) is 18.8. The Kier molecular flexibility index (Phi) is 7.45. The fraction of sp³-hybridized carbons (Fsp3) is 0.440. The summed E-state index contributed by atoms with van der Waals surface area (Å²) >= 11 is 0. The van der Waals surface area contributed by atoms with Crippen LogP contribution in [0.1, 0.15) is 43.7 Å². The van der Waals surface area contributed by atoms with Crippen LogP contribution in [0.3, 0.4) is 0 Å². The number of benzene rings is 2. The Bertz CT molecular complexity index is 811. The zero-order chi connectivity index (χ0) is 20.6. The molecule has 2 aromatic rings. The number of hydrogen-bond acceptors (Lipinski definition) is 2. The van der Waals surface area contributed by atoms with Crippen molar-refractivity contribution in [1.82, 2.24) is 5.32 Å². The Hall–Kier alpha value is -2.62. The van der Waals surface area contributed by atoms with Crippen molar-refractivity contribution in [3.63, 3.8) is 0 Å². The van der Waals surface area contributed by atoms with Crippen molar-refractivity contribution in [2.45, 2.75) is 46.0 Å². The minimum Gasteiger partial charge on any atom is -0.356 e. The summed E-state index contributed by atoms with van der Waals surface area (Å²) in [5.74, 6) is 0.381. The monoisotopic (exact) mass is 392 g/mol. The zero-order valence-corrected chi connectivity index (χ0v) is 17.6. The first-order valence-corrected chi connectivity index (χ1v) is 10.8. The fourth-order valence-electron chi connectivity index (χ4n) is 4.20. The van der Waals surface area contributed by atoms with Gasteiger partial charge in [-0.15, -0.1) is 0 Å². The summed E-state index contributed by atoms with van der Waals surface area (Å²) in [4.78, 5) is 27.5. The van der Waals surface area contributed by atoms with Crippen molar-refractivity contribution in [3.8, 4) is 0 Å². The Morgan fingerprint density at radius 2 is 1.66 bits per heavy atom. The number of rotatable bonds is 7. The van der Waals surface area contributed by atoms with E-state index in [-0.39, 0.29) is 23.7 Å². The van der Waals surface area contributed by atoms with E-state index in [4.69, 9.17) is 0 Å². The molecular formula is C25H32N2O2. The minimum absolute atomic E-state index is 0.0174. The quantitative estimate of drug-likeness (QED) is 0.753. The van der Waals surface area contributed by atoms with Crippen molar-refractivity contribution in [1.29, 1.82) is 0 Å². The van der Waals surface area contributed by atoms with Gasteiger partial charge in [0, 0.05) is 30.6 Å². The number of nitrogens with zero attached hydrogens (tertiary/aromatic N) is 1. The lowest BCUT2D eigenvalue weighted by molar-refractivity contribution is -0.129. The summed E-state index contributed by atoms with van der Waals surface area (Å²) in [5, 5.41) is 3.08. The van der Waals surface area contributed by atoms with Gasteiger partial charge >= 0.3 is 0 Å². The van der Waals surface area contributed by atoms with E-state index in [1.165, 1.54) is 5.56 Å². The van der Waals surface area contributed by atoms with Gasteiger partial charge in [0.25, 0.3) is 0 Å². The first-order valence-electron chi connectivity index (χ1n) is 10.8. The molecule has 1 saturated carbocycles. The number of carbonyl (C=O) groups is 2. The van der Waals surface area contributed by atoms with E-state index in [1.54, 1.807) is 0 Å². The molecule has 2 aromatic carbocycles. The largest absolute Gasteiger partial charge is 0.356 e. The van der Waals surface area contributed by atoms with Crippen LogP contribution >= 0.6 is 0 Å². The lowest BCUT2D eigenvalue weighted by Gasteiger charge is -2.31. The first-order chi connectivity index (χ1) is 14.1. The van der Waals surface area contributed by atoms with Gasteiger partial charge in [-0.25, -0.2) is 0 Å². The van der Waals surface area contributed by atoms with Crippen LogP contribution in [-0.2, 0) is 16.0 Å². The number of anilines is 1. The van der Waals surface area contributed by atoms with Gasteiger partial charge in [-0.1, -0.05) is 42.5 Å². The maximum atomic E-state index is 13.1. The van der Waals surface area contributed by atoms with Gasteiger partial charge in [0.1, 0.15) is 0 Å². The molecule has 4 nitrogen and oxygen atoms in total. The van der Waals surface area contributed by atoms with Crippen LogP contribution in [0.15, 0.2) is 54.6 Å². The Morgan fingerprint density at radius 3 is 2.31 bits per heavy atom. The lowest BCUT2D eigenvalue weighted by Crippen LogP contribution is -2.40. The van der Waals surface area contributed by atoms with Gasteiger partial charge in [-0.3, -0.25) is 9.59 Å². The van der Waals surface area contributed by atoms with E-state index in [1.807, 2.05) is 55.1 Å². The molecule has 0 spiro atoms. The average molecular weight is 393 g/mol. The summed E-state index contributed by atoms with van der Waals surface area (Å²) in [6.07, 6.45) is 4.01. The van der Waals surface area contributed by atoms with Crippen LogP contribution in [-0.4, -0.2) is 24.9 Å². The third-order valence-corrected chi connectivity index (χ3v) is 5.90. The molecule has 0 aliphatic heterocycles. The second-order valence-electron chi connectivity index (χ2n) is 8.00. The van der Waals surface area contributed by atoms with Crippen LogP contribution in [0.25, 0.3) is 0 Å². The third kappa shape index (κ3) is 5.69. The number of carbonyl (C=O) groups excluding carboxylic acids is 2. The second-order valence-corrected chi connectivity index (χ2v) is 8.00. The highest BCUT2D eigenvalue weighted by Gasteiger charge is 2.32. The molecule has 0 radical (unpaired) electrons. The number of amides is 2. The molecule has 0 aromatic heterocycles. The molecule has 1 N–H and O–H groups in total. The van der Waals surface area contributed by atoms with Crippen LogP contribution in [0.4, 0.5) is 5.69 Å². The van der Waals surface area contributed by atoms with Crippen molar-refractivity contribution >= 4 is 17.5 Å². The first kappa shape index (κ1) is 21.1. The van der Waals surface area contributed by atoms with Gasteiger partial charge in [0.2, 0.25) is 11.8 Å². The average Bonchev–Trinajstić information content (AvgIpc) is 2.75. The highest BCUT2D eigenvalue weighted by atomic mass is 16.2. The number of hydrogen-bond donors (Lipinski definition) is 1. The van der Waals surface area contributed by atoms with Crippen molar-refractivity contribution < 1.29 is 9.59 Å². The fourth-order valence-corrected chi connectivity index (χ4v) is 4.20. The Morgan fingerprint density at radius 1 is 0.966 bits per heavy atom. The molecule has 0 unspecified atom stereocenters. The van der Waals surface area contributed by atoms with E-state index in [0.29, 0.717) is 13.1 Å². The van der Waals surface area contributed by atoms with Crippen LogP contribution in [0.2, 0.25) is 0 Å². The van der Waals surface area contributed by atoms with Gasteiger partial charge < -0.3 is 10.2 Å². The second kappa shape index (κ2) is 10.2. The van der Waals surface area contributed by atoms with E-state index >= 15 is 0 Å². The summed E-state index contributed by atoms with van der Waals surface area (Å²) in [7, 11) is 0. The molecule has 0 atom stereocenters. The van der Waals surface area contributed by atoms with Crippen LogP contribution < -0.4 is 10.2 Å². The van der Waals surface area contributed by atoms with Gasteiger partial charge in [-0.2, -0.15) is 0 Å². The standard InChI is InChI=1S/C25H32N2O2/c1-3-27(23-11-7-8-19(2)18-23)25(29)22-14-12-21(13-15-22)24(28)26-17-16-20-9-5-4-6-10-20/h4-11,18,21-22H,3,12-17H2,1-2H3,(H,26,28). The minimum atomic E-state index is 0.0174. The van der Waals surface area contributed by atoms with Gasteiger partial charge in [-0.05, 0) is 69.2 Å². The molecule has 1 fully saturated rings. The summed E-state index contributed by atoms with van der Waals surface area (Å²) < 4.78 is 0. The van der Waals surface area contributed by atoms with E-state index < -0.39 is 0 Å². The van der Waals surface area contributed by atoms with Crippen molar-refractivity contribution in [2.75, 3.05) is 18.0 Å². The van der Waals surface area contributed by atoms with Crippen LogP contribution in [0, 0.1) is 18.8 Å². The molecule has 29 heavy (non-hydrogen) atoms. The van der Waals surface area contributed by atoms with Gasteiger partial charge in [0.15, 0.2) is 0 Å². The molecular weight excluding hydrogens is 360 g/mol. The highest BCUT2D eigenvalue weighted by molar-refractivity contribution is 5.95. The molecule has 0 heterocycles. The predicted octanol–water partition coefficient (Wildman–Crippen LogP) is 4.51. The summed E-state index contributed by atoms with van der Waals surface area (Å²) in [5.41, 5.74) is 3.36. The summed E-state index contributed by atoms with van der Waals surface area (Å²) in [6, 6.07) is 18.3. The van der Waals surface area contributed by atoms with E-state index in [9.17, 15) is 9.59 Å². The van der Waals surface area contributed by atoms with E-state index in [2.05, 4.69) is 23.5 Å².